The van der Waals surface area contributed by atoms with Crippen molar-refractivity contribution in [1.29, 1.82) is 0 Å². The molecule has 2 atom stereocenters. The lowest BCUT2D eigenvalue weighted by atomic mass is 10.0. The largest absolute Gasteiger partial charge is 0.481 e. The molecule has 0 aromatic heterocycles. The van der Waals surface area contributed by atoms with E-state index in [4.69, 9.17) is 48.1 Å². The predicted molar refractivity (Wildman–Crippen MR) is 431 cm³/mol. The molecule has 113 heavy (non-hydrogen) atoms. The van der Waals surface area contributed by atoms with E-state index in [2.05, 4.69) is 33.5 Å². The number of aliphatic carboxylic acids is 4. The van der Waals surface area contributed by atoms with Gasteiger partial charge in [0.05, 0.1) is 66.1 Å². The first-order chi connectivity index (χ1) is 54.7. The molecule has 5 amide bonds. The maximum atomic E-state index is 12.3. The Labute approximate surface area is 674 Å². The van der Waals surface area contributed by atoms with Crippen molar-refractivity contribution in [2.75, 3.05) is 119 Å². The minimum absolute atomic E-state index is 0.0415. The van der Waals surface area contributed by atoms with Gasteiger partial charge in [0.2, 0.25) is 29.5 Å². The summed E-state index contributed by atoms with van der Waals surface area (Å²) in [6, 6.07) is 5.90. The summed E-state index contributed by atoms with van der Waals surface area (Å²) in [4.78, 5) is 140. The molecule has 0 saturated heterocycles. The van der Waals surface area contributed by atoms with Crippen molar-refractivity contribution in [3.63, 3.8) is 0 Å². The third kappa shape index (κ3) is 80.1. The lowest BCUT2D eigenvalue weighted by Crippen LogP contribution is -2.41. The number of amides is 5. The molecular formula is C84H147N5O24. The molecule has 0 saturated carbocycles. The number of hydrogen-bond acceptors (Lipinski definition) is 20. The van der Waals surface area contributed by atoms with E-state index in [1.54, 1.807) is 0 Å². The van der Waals surface area contributed by atoms with Crippen LogP contribution in [-0.4, -0.2) is 222 Å². The number of benzene rings is 1. The van der Waals surface area contributed by atoms with Gasteiger partial charge < -0.3 is 84.9 Å². The van der Waals surface area contributed by atoms with Crippen molar-refractivity contribution >= 4 is 70.8 Å². The van der Waals surface area contributed by atoms with Crippen LogP contribution in [-0.2, 0) is 108 Å². The van der Waals surface area contributed by atoms with Gasteiger partial charge in [-0.15, -0.1) is 0 Å². The first-order valence-electron chi connectivity index (χ1n) is 42.2. The van der Waals surface area contributed by atoms with Crippen LogP contribution in [0, 0.1) is 0 Å². The minimum Gasteiger partial charge on any atom is -0.481 e. The van der Waals surface area contributed by atoms with Crippen molar-refractivity contribution in [2.45, 2.75) is 310 Å². The van der Waals surface area contributed by atoms with E-state index in [0.717, 1.165) is 89.0 Å². The Morgan fingerprint density at radius 2 is 0.575 bits per heavy atom. The molecule has 0 bridgehead atoms. The van der Waals surface area contributed by atoms with E-state index in [1.807, 2.05) is 38.1 Å². The molecule has 0 heterocycles. The van der Waals surface area contributed by atoms with Crippen LogP contribution < -0.4 is 26.6 Å². The van der Waals surface area contributed by atoms with Crippen LogP contribution in [0.5, 0.6) is 0 Å². The summed E-state index contributed by atoms with van der Waals surface area (Å²) in [6.07, 6.45) is 34.1. The molecule has 1 aromatic rings. The van der Waals surface area contributed by atoms with Crippen LogP contribution in [0.15, 0.2) is 24.3 Å². The molecule has 0 aliphatic heterocycles. The van der Waals surface area contributed by atoms with Gasteiger partial charge in [0.1, 0.15) is 50.1 Å². The third-order valence-corrected chi connectivity index (χ3v) is 17.8. The summed E-state index contributed by atoms with van der Waals surface area (Å²) in [6.45, 7) is 11.7. The summed E-state index contributed by atoms with van der Waals surface area (Å²) in [5, 5.41) is 49.6. The Kier molecular flexibility index (Phi) is 78.2. The van der Waals surface area contributed by atoms with Gasteiger partial charge in [0.15, 0.2) is 5.78 Å². The van der Waals surface area contributed by atoms with Gasteiger partial charge in [-0.1, -0.05) is 199 Å². The Morgan fingerprint density at radius 3 is 0.876 bits per heavy atom. The Hall–Kier alpha value is -6.86. The fourth-order valence-electron chi connectivity index (χ4n) is 11.4. The van der Waals surface area contributed by atoms with Crippen LogP contribution in [0.2, 0.25) is 0 Å². The summed E-state index contributed by atoms with van der Waals surface area (Å²) in [7, 11) is 0. The van der Waals surface area contributed by atoms with Crippen molar-refractivity contribution in [3.8, 4) is 0 Å². The number of nitrogens with one attached hydrogen (secondary N) is 5. The van der Waals surface area contributed by atoms with Crippen molar-refractivity contribution in [3.05, 3.63) is 35.4 Å². The molecule has 0 aliphatic carbocycles. The average Bonchev–Trinajstić information content (AvgIpc) is 0.895. The topological polar surface area (TPSA) is 420 Å². The van der Waals surface area contributed by atoms with Crippen LogP contribution in [0.4, 0.5) is 0 Å². The summed E-state index contributed by atoms with van der Waals surface area (Å²) in [5.41, 5.74) is 2.27. The number of carbonyl (C=O) groups excluding carboxylic acids is 8. The van der Waals surface area contributed by atoms with Gasteiger partial charge >= 0.3 is 23.9 Å². The second-order valence-corrected chi connectivity index (χ2v) is 28.0. The maximum absolute atomic E-state index is 12.3. The number of carbonyl (C=O) groups is 12. The molecule has 1 rings (SSSR count). The van der Waals surface area contributed by atoms with E-state index < -0.39 is 36.0 Å². The molecular weight excluding hydrogens is 1460 g/mol. The molecule has 0 spiro atoms. The monoisotopic (exact) mass is 1610 g/mol. The lowest BCUT2D eigenvalue weighted by Gasteiger charge is -2.14. The third-order valence-electron chi connectivity index (χ3n) is 17.8. The Balaban J connectivity index is 0. The highest BCUT2D eigenvalue weighted by atomic mass is 16.5. The van der Waals surface area contributed by atoms with Crippen LogP contribution in [0.1, 0.15) is 296 Å². The maximum Gasteiger partial charge on any atom is 0.326 e. The highest BCUT2D eigenvalue weighted by molar-refractivity contribution is 5.86. The SMILES string of the molecule is CC.CC(=O)COCCOCCNC(=O)COCCOCCCC(=O)CC[C@H](NC(=O)CCCCCCCCCCCCCCCCC(=O)O)C(=O)O.CCc1ccc(CNC(=O)COCCOCCNC(=O)COCCOCCCC(=O)CC[C@H](NC(=O)CCCCCCCCCCCCCCCCC(=O)O)C(=O)O)cc1. The molecule has 0 radical (unpaired) electrons. The van der Waals surface area contributed by atoms with Crippen molar-refractivity contribution < 1.29 is 116 Å². The zero-order valence-corrected chi connectivity index (χ0v) is 69.3. The molecule has 29 heteroatoms. The van der Waals surface area contributed by atoms with Gasteiger partial charge in [0.25, 0.3) is 0 Å². The average molecular weight is 1610 g/mol. The van der Waals surface area contributed by atoms with E-state index in [0.29, 0.717) is 78.4 Å². The van der Waals surface area contributed by atoms with Gasteiger partial charge in [-0.2, -0.15) is 0 Å². The first kappa shape index (κ1) is 108. The Bertz CT molecular complexity index is 2600. The summed E-state index contributed by atoms with van der Waals surface area (Å²) >= 11 is 0. The smallest absolute Gasteiger partial charge is 0.326 e. The second-order valence-electron chi connectivity index (χ2n) is 28.0. The van der Waals surface area contributed by atoms with Gasteiger partial charge in [-0.05, 0) is 75.8 Å². The van der Waals surface area contributed by atoms with Gasteiger partial charge in [0, 0.05) is 84.2 Å². The molecule has 0 aliphatic rings. The molecule has 29 nitrogen and oxygen atoms in total. The number of aryl methyl sites for hydroxylation is 1. The first-order valence-corrected chi connectivity index (χ1v) is 42.2. The molecule has 0 unspecified atom stereocenters. The normalized spacial score (nSPS) is 11.4. The number of carboxylic acids is 4. The lowest BCUT2D eigenvalue weighted by molar-refractivity contribution is -0.142. The van der Waals surface area contributed by atoms with E-state index in [-0.39, 0.29) is 184 Å². The number of unbranched alkanes of at least 4 members (excludes halogenated alkanes) is 26. The van der Waals surface area contributed by atoms with Crippen LogP contribution >= 0.6 is 0 Å². The Morgan fingerprint density at radius 1 is 0.301 bits per heavy atom. The van der Waals surface area contributed by atoms with Gasteiger partial charge in [-0.3, -0.25) is 47.9 Å². The molecule has 0 fully saturated rings. The van der Waals surface area contributed by atoms with E-state index in [9.17, 15) is 67.7 Å². The fourth-order valence-corrected chi connectivity index (χ4v) is 11.4. The fraction of sp³-hybridized carbons (Fsp3) is 0.786. The second kappa shape index (κ2) is 81.7. The van der Waals surface area contributed by atoms with Crippen molar-refractivity contribution in [1.82, 2.24) is 26.6 Å². The number of carboxylic acid groups (broad SMARTS) is 4. The summed E-state index contributed by atoms with van der Waals surface area (Å²) < 4.78 is 42.5. The summed E-state index contributed by atoms with van der Waals surface area (Å²) in [5.74, 6) is -5.35. The zero-order valence-electron chi connectivity index (χ0n) is 69.3. The zero-order chi connectivity index (χ0) is 83.7. The van der Waals surface area contributed by atoms with Gasteiger partial charge in [-0.25, -0.2) is 9.59 Å². The number of Topliss-reactive ketones (excluding diaryl/α,β-unsaturated/α-hetero) is 3. The highest BCUT2D eigenvalue weighted by Gasteiger charge is 2.23. The van der Waals surface area contributed by atoms with E-state index in [1.165, 1.54) is 102 Å². The number of ether oxygens (including phenoxy) is 8. The number of hydrogen-bond donors (Lipinski definition) is 9. The van der Waals surface area contributed by atoms with E-state index >= 15 is 0 Å². The molecule has 9 N–H and O–H groups in total. The van der Waals surface area contributed by atoms with Crippen LogP contribution in [0.25, 0.3) is 0 Å². The molecule has 652 valence electrons. The quantitative estimate of drug-likeness (QED) is 0.0274. The highest BCUT2D eigenvalue weighted by Crippen LogP contribution is 2.17. The number of rotatable bonds is 81. The van der Waals surface area contributed by atoms with Crippen molar-refractivity contribution in [2.24, 2.45) is 0 Å². The van der Waals surface area contributed by atoms with Crippen LogP contribution in [0.3, 0.4) is 0 Å². The standard InChI is InChI=1S/C45H75N3O12.C37H66N2O12.C2H6/c1-2-37-21-23-38(24-22-37)34-47-43(52)36-60-33-31-58-29-27-46-42(51)35-59-32-30-57-28-17-18-39(49)25-26-40(45(55)56)48-41(50)19-15-13-11-9-7-5-3-4-6-8-10-12-14-16-20-44(53)54;1-31(40)29-50-27-26-49-24-22-38-35(43)30-51-28-25-48-23-16-17-32(41)20-21-33(37(46)47)39-34(42)18-14-12-10-8-6-4-2-3-5-7-9-11-13-15-19-36(44)45;1-2/h21-24,40H,2-20,25-36H2,1H3,(H,46,51)(H,47,52)(H,48,50)(H,53,54)(H,55,56);33H,2-30H2,1H3,(H,38,43)(H,39,42)(H,44,45)(H,46,47);1-2H3/t40-;33-;/m00./s1. The molecule has 1 aromatic carbocycles. The number of ketones is 3. The predicted octanol–water partition coefficient (Wildman–Crippen LogP) is 11.9. The minimum atomic E-state index is -1.15.